The van der Waals surface area contributed by atoms with E-state index in [-0.39, 0.29) is 18.6 Å². The molecule has 2 heterocycles. The molecule has 0 aliphatic rings. The first-order valence-corrected chi connectivity index (χ1v) is 8.43. The van der Waals surface area contributed by atoms with Gasteiger partial charge in [-0.25, -0.2) is 0 Å². The Labute approximate surface area is 142 Å². The van der Waals surface area contributed by atoms with Crippen molar-refractivity contribution < 1.29 is 9.90 Å². The van der Waals surface area contributed by atoms with E-state index in [4.69, 9.17) is 0 Å². The minimum atomic E-state index is -0.349. The standard InChI is InChI=1S/C17H27N5O2/c1-5-15(6-2)22-12(3)16(9-19-22)17(24)20-14(11-23)7-13-8-18-21(4)10-13/h8-10,14-15,23H,5-7,11H2,1-4H3,(H,20,24). The Kier molecular flexibility index (Phi) is 6.14. The number of hydrogen-bond donors (Lipinski definition) is 2. The van der Waals surface area contributed by atoms with Crippen LogP contribution >= 0.6 is 0 Å². The summed E-state index contributed by atoms with van der Waals surface area (Å²) in [7, 11) is 1.84. The van der Waals surface area contributed by atoms with Gasteiger partial charge < -0.3 is 10.4 Å². The van der Waals surface area contributed by atoms with Crippen molar-refractivity contribution in [2.75, 3.05) is 6.61 Å². The minimum Gasteiger partial charge on any atom is -0.394 e. The Balaban J connectivity index is 2.08. The van der Waals surface area contributed by atoms with Crippen LogP contribution in [0, 0.1) is 6.92 Å². The van der Waals surface area contributed by atoms with Crippen molar-refractivity contribution in [3.63, 3.8) is 0 Å². The minimum absolute atomic E-state index is 0.125. The molecule has 7 heteroatoms. The second kappa shape index (κ2) is 8.10. The molecule has 132 valence electrons. The third-order valence-electron chi connectivity index (χ3n) is 4.37. The second-order valence-electron chi connectivity index (χ2n) is 6.14. The fourth-order valence-corrected chi connectivity index (χ4v) is 2.94. The lowest BCUT2D eigenvalue weighted by Gasteiger charge is -2.17. The lowest BCUT2D eigenvalue weighted by atomic mass is 10.1. The van der Waals surface area contributed by atoms with Crippen LogP contribution in [0.25, 0.3) is 0 Å². The monoisotopic (exact) mass is 333 g/mol. The Bertz CT molecular complexity index is 672. The van der Waals surface area contributed by atoms with Crippen molar-refractivity contribution in [1.29, 1.82) is 0 Å². The van der Waals surface area contributed by atoms with Crippen LogP contribution in [0.4, 0.5) is 0 Å². The second-order valence-corrected chi connectivity index (χ2v) is 6.14. The number of aliphatic hydroxyl groups excluding tert-OH is 1. The van der Waals surface area contributed by atoms with Crippen LogP contribution in [0.2, 0.25) is 0 Å². The molecule has 1 amide bonds. The van der Waals surface area contributed by atoms with Crippen molar-refractivity contribution in [3.05, 3.63) is 35.4 Å². The Morgan fingerprint density at radius 2 is 2.00 bits per heavy atom. The summed E-state index contributed by atoms with van der Waals surface area (Å²) in [6.45, 7) is 6.02. The third-order valence-corrected chi connectivity index (χ3v) is 4.37. The van der Waals surface area contributed by atoms with E-state index in [0.29, 0.717) is 18.0 Å². The van der Waals surface area contributed by atoms with Gasteiger partial charge in [0.05, 0.1) is 36.6 Å². The third kappa shape index (κ3) is 4.03. The van der Waals surface area contributed by atoms with Gasteiger partial charge in [-0.05, 0) is 31.7 Å². The molecule has 0 aromatic carbocycles. The fourth-order valence-electron chi connectivity index (χ4n) is 2.94. The molecule has 0 spiro atoms. The van der Waals surface area contributed by atoms with E-state index in [2.05, 4.69) is 29.4 Å². The van der Waals surface area contributed by atoms with Crippen molar-refractivity contribution in [2.24, 2.45) is 7.05 Å². The van der Waals surface area contributed by atoms with Crippen LogP contribution in [0.3, 0.4) is 0 Å². The molecule has 2 aromatic heterocycles. The summed E-state index contributed by atoms with van der Waals surface area (Å²) in [6, 6.07) is -0.0480. The summed E-state index contributed by atoms with van der Waals surface area (Å²) in [6.07, 6.45) is 7.72. The molecule has 0 aliphatic carbocycles. The summed E-state index contributed by atoms with van der Waals surface area (Å²) < 4.78 is 3.62. The van der Waals surface area contributed by atoms with Gasteiger partial charge in [0.1, 0.15) is 0 Å². The van der Waals surface area contributed by atoms with Crippen molar-refractivity contribution in [3.8, 4) is 0 Å². The largest absolute Gasteiger partial charge is 0.394 e. The summed E-state index contributed by atoms with van der Waals surface area (Å²) >= 11 is 0. The van der Waals surface area contributed by atoms with E-state index in [1.807, 2.05) is 24.9 Å². The zero-order valence-corrected chi connectivity index (χ0v) is 14.9. The number of nitrogens with one attached hydrogen (secondary N) is 1. The van der Waals surface area contributed by atoms with Gasteiger partial charge in [0.25, 0.3) is 5.91 Å². The van der Waals surface area contributed by atoms with Crippen LogP contribution in [0.1, 0.15) is 54.3 Å². The Morgan fingerprint density at radius 3 is 2.54 bits per heavy atom. The van der Waals surface area contributed by atoms with Gasteiger partial charge in [0.15, 0.2) is 0 Å². The molecule has 1 atom stereocenters. The molecule has 2 rings (SSSR count). The highest BCUT2D eigenvalue weighted by atomic mass is 16.3. The predicted octanol–water partition coefficient (Wildman–Crippen LogP) is 1.62. The highest BCUT2D eigenvalue weighted by molar-refractivity contribution is 5.95. The number of rotatable bonds is 8. The first-order chi connectivity index (χ1) is 11.5. The van der Waals surface area contributed by atoms with Gasteiger partial charge in [-0.15, -0.1) is 0 Å². The average Bonchev–Trinajstić information content (AvgIpc) is 3.14. The summed E-state index contributed by atoms with van der Waals surface area (Å²) in [5, 5.41) is 20.9. The van der Waals surface area contributed by atoms with E-state index in [9.17, 15) is 9.90 Å². The molecule has 2 aromatic rings. The highest BCUT2D eigenvalue weighted by Gasteiger charge is 2.20. The van der Waals surface area contributed by atoms with Gasteiger partial charge >= 0.3 is 0 Å². The van der Waals surface area contributed by atoms with Gasteiger partial charge in [-0.3, -0.25) is 14.2 Å². The molecule has 1 unspecified atom stereocenters. The van der Waals surface area contributed by atoms with Crippen LogP contribution in [-0.4, -0.2) is 43.2 Å². The Morgan fingerprint density at radius 1 is 1.29 bits per heavy atom. The lowest BCUT2D eigenvalue weighted by molar-refractivity contribution is 0.0915. The maximum absolute atomic E-state index is 12.5. The van der Waals surface area contributed by atoms with Gasteiger partial charge in [-0.2, -0.15) is 10.2 Å². The molecule has 0 bridgehead atoms. The number of aryl methyl sites for hydroxylation is 1. The fraction of sp³-hybridized carbons (Fsp3) is 0.588. The first kappa shape index (κ1) is 18.2. The number of aromatic nitrogens is 4. The molecule has 7 nitrogen and oxygen atoms in total. The summed E-state index contributed by atoms with van der Waals surface area (Å²) in [5.74, 6) is -0.201. The number of hydrogen-bond acceptors (Lipinski definition) is 4. The zero-order valence-electron chi connectivity index (χ0n) is 14.9. The van der Waals surface area contributed by atoms with Crippen LogP contribution in [0.5, 0.6) is 0 Å². The first-order valence-electron chi connectivity index (χ1n) is 8.43. The number of carbonyl (C=O) groups is 1. The molecule has 0 saturated heterocycles. The molecule has 0 saturated carbocycles. The van der Waals surface area contributed by atoms with E-state index < -0.39 is 0 Å². The van der Waals surface area contributed by atoms with E-state index in [1.54, 1.807) is 17.1 Å². The lowest BCUT2D eigenvalue weighted by Crippen LogP contribution is -2.39. The molecule has 24 heavy (non-hydrogen) atoms. The maximum atomic E-state index is 12.5. The predicted molar refractivity (Wildman–Crippen MR) is 91.8 cm³/mol. The summed E-state index contributed by atoms with van der Waals surface area (Å²) in [4.78, 5) is 12.5. The van der Waals surface area contributed by atoms with E-state index >= 15 is 0 Å². The smallest absolute Gasteiger partial charge is 0.255 e. The highest BCUT2D eigenvalue weighted by Crippen LogP contribution is 2.19. The Hall–Kier alpha value is -2.15. The van der Waals surface area contributed by atoms with Crippen molar-refractivity contribution in [1.82, 2.24) is 24.9 Å². The molecule has 0 radical (unpaired) electrons. The number of nitrogens with zero attached hydrogens (tertiary/aromatic N) is 4. The molecule has 2 N–H and O–H groups in total. The molecular formula is C17H27N5O2. The summed E-state index contributed by atoms with van der Waals surface area (Å²) in [5.41, 5.74) is 2.40. The van der Waals surface area contributed by atoms with Crippen LogP contribution < -0.4 is 5.32 Å². The van der Waals surface area contributed by atoms with Gasteiger partial charge in [0.2, 0.25) is 0 Å². The van der Waals surface area contributed by atoms with E-state index in [0.717, 1.165) is 24.1 Å². The molecule has 0 fully saturated rings. The zero-order chi connectivity index (χ0) is 17.7. The van der Waals surface area contributed by atoms with Gasteiger partial charge in [0, 0.05) is 18.9 Å². The van der Waals surface area contributed by atoms with Crippen LogP contribution in [-0.2, 0) is 13.5 Å². The van der Waals surface area contributed by atoms with E-state index in [1.165, 1.54) is 0 Å². The number of amides is 1. The normalized spacial score (nSPS) is 12.6. The SMILES string of the molecule is CCC(CC)n1ncc(C(=O)NC(CO)Cc2cnn(C)c2)c1C. The van der Waals surface area contributed by atoms with Crippen molar-refractivity contribution >= 4 is 5.91 Å². The molecule has 0 aliphatic heterocycles. The number of aliphatic hydroxyl groups is 1. The topological polar surface area (TPSA) is 85.0 Å². The van der Waals surface area contributed by atoms with Gasteiger partial charge in [-0.1, -0.05) is 13.8 Å². The van der Waals surface area contributed by atoms with Crippen LogP contribution in [0.15, 0.2) is 18.6 Å². The van der Waals surface area contributed by atoms with Crippen molar-refractivity contribution in [2.45, 2.75) is 52.1 Å². The average molecular weight is 333 g/mol. The molecular weight excluding hydrogens is 306 g/mol. The quantitative estimate of drug-likeness (QED) is 0.769. The number of carbonyl (C=O) groups excluding carboxylic acids is 1. The maximum Gasteiger partial charge on any atom is 0.255 e.